The summed E-state index contributed by atoms with van der Waals surface area (Å²) in [5.41, 5.74) is 1.11. The van der Waals surface area contributed by atoms with Crippen molar-refractivity contribution in [3.05, 3.63) is 64.1 Å². The highest BCUT2D eigenvalue weighted by Gasteiger charge is 2.33. The number of hydrogen-bond donors (Lipinski definition) is 0. The lowest BCUT2D eigenvalue weighted by molar-refractivity contribution is 0.00197. The third-order valence-corrected chi connectivity index (χ3v) is 5.62. The van der Waals surface area contributed by atoms with Crippen LogP contribution in [0.4, 0.5) is 4.79 Å². The van der Waals surface area contributed by atoms with Crippen molar-refractivity contribution < 1.29 is 19.1 Å². The summed E-state index contributed by atoms with van der Waals surface area (Å²) in [5.74, 6) is 0.618. The molecule has 2 aromatic carbocycles. The van der Waals surface area contributed by atoms with Gasteiger partial charge in [-0.15, -0.1) is 0 Å². The summed E-state index contributed by atoms with van der Waals surface area (Å²) in [4.78, 5) is 28.9. The maximum absolute atomic E-state index is 13.1. The molecule has 0 saturated carbocycles. The molecular weight excluding hydrogens is 460 g/mol. The Morgan fingerprint density at radius 3 is 2.42 bits per heavy atom. The fourth-order valence-electron chi connectivity index (χ4n) is 3.40. The molecule has 31 heavy (non-hydrogen) atoms. The van der Waals surface area contributed by atoms with Gasteiger partial charge in [-0.25, -0.2) is 4.79 Å². The van der Waals surface area contributed by atoms with Crippen molar-refractivity contribution in [2.45, 2.75) is 45.9 Å². The number of rotatable bonds is 4. The molecule has 3 rings (SSSR count). The second-order valence-corrected chi connectivity index (χ2v) is 9.54. The van der Waals surface area contributed by atoms with Crippen LogP contribution in [0.5, 0.6) is 5.75 Å². The number of ether oxygens (including phenoxy) is 2. The fraction of sp³-hybridized carbons (Fsp3) is 0.417. The zero-order valence-corrected chi connectivity index (χ0v) is 20.0. The molecule has 0 N–H and O–H groups in total. The Balaban J connectivity index is 1.60. The van der Waals surface area contributed by atoms with Crippen LogP contribution in [0.3, 0.4) is 0 Å². The molecule has 0 spiro atoms. The van der Waals surface area contributed by atoms with Gasteiger partial charge in [-0.05, 0) is 67.4 Å². The van der Waals surface area contributed by atoms with E-state index in [0.717, 1.165) is 5.56 Å². The van der Waals surface area contributed by atoms with E-state index in [1.165, 1.54) is 0 Å². The first-order valence-corrected chi connectivity index (χ1v) is 11.2. The third kappa shape index (κ3) is 6.23. The highest BCUT2D eigenvalue weighted by Crippen LogP contribution is 2.26. The number of piperazine rings is 1. The Bertz CT molecular complexity index is 927. The molecule has 1 heterocycles. The molecule has 1 aliphatic heterocycles. The second-order valence-electron chi connectivity index (χ2n) is 8.69. The molecule has 2 aromatic rings. The van der Waals surface area contributed by atoms with E-state index in [1.54, 1.807) is 21.9 Å². The molecule has 2 amide bonds. The smallest absolute Gasteiger partial charge is 0.410 e. The molecule has 0 bridgehead atoms. The molecule has 1 aliphatic rings. The van der Waals surface area contributed by atoms with Crippen LogP contribution in [0, 0.1) is 0 Å². The van der Waals surface area contributed by atoms with Crippen LogP contribution >= 0.6 is 15.9 Å². The van der Waals surface area contributed by atoms with Crippen LogP contribution in [0.1, 0.15) is 43.6 Å². The van der Waals surface area contributed by atoms with Crippen molar-refractivity contribution in [1.29, 1.82) is 0 Å². The molecule has 1 saturated heterocycles. The third-order valence-electron chi connectivity index (χ3n) is 4.96. The van der Waals surface area contributed by atoms with Crippen molar-refractivity contribution in [2.24, 2.45) is 0 Å². The van der Waals surface area contributed by atoms with E-state index in [0.29, 0.717) is 42.0 Å². The van der Waals surface area contributed by atoms with Crippen LogP contribution in [-0.4, -0.2) is 53.1 Å². The van der Waals surface area contributed by atoms with Crippen LogP contribution < -0.4 is 4.74 Å². The minimum Gasteiger partial charge on any atom is -0.489 e. The predicted octanol–water partition coefficient (Wildman–Crippen LogP) is 5.11. The molecule has 0 unspecified atom stereocenters. The summed E-state index contributed by atoms with van der Waals surface area (Å²) < 4.78 is 12.0. The molecule has 0 aliphatic carbocycles. The number of benzene rings is 2. The standard InChI is InChI=1S/C24H29BrN2O4/c1-17-15-26(12-13-27(17)23(29)31-24(2,3)4)22(28)20-11-10-19(14-21(20)25)30-16-18-8-6-5-7-9-18/h5-11,14,17H,12-13,15-16H2,1-4H3/t17-/m1/s1. The normalized spacial score (nSPS) is 16.7. The van der Waals surface area contributed by atoms with Gasteiger partial charge in [0.1, 0.15) is 18.0 Å². The maximum Gasteiger partial charge on any atom is 0.410 e. The van der Waals surface area contributed by atoms with Crippen LogP contribution in [0.25, 0.3) is 0 Å². The SMILES string of the molecule is C[C@@H]1CN(C(=O)c2ccc(OCc3ccccc3)cc2Br)CCN1C(=O)OC(C)(C)C. The fourth-order valence-corrected chi connectivity index (χ4v) is 3.93. The van der Waals surface area contributed by atoms with E-state index in [-0.39, 0.29) is 18.0 Å². The van der Waals surface area contributed by atoms with E-state index < -0.39 is 5.60 Å². The Hall–Kier alpha value is -2.54. The van der Waals surface area contributed by atoms with Gasteiger partial charge < -0.3 is 19.3 Å². The van der Waals surface area contributed by atoms with Gasteiger partial charge in [-0.1, -0.05) is 30.3 Å². The quantitative estimate of drug-likeness (QED) is 0.599. The Morgan fingerprint density at radius 2 is 1.81 bits per heavy atom. The summed E-state index contributed by atoms with van der Waals surface area (Å²) in [7, 11) is 0. The summed E-state index contributed by atoms with van der Waals surface area (Å²) >= 11 is 3.51. The number of hydrogen-bond acceptors (Lipinski definition) is 4. The summed E-state index contributed by atoms with van der Waals surface area (Å²) in [6, 6.07) is 15.2. The molecule has 0 aromatic heterocycles. The average molecular weight is 489 g/mol. The number of carbonyl (C=O) groups is 2. The number of nitrogens with zero attached hydrogens (tertiary/aromatic N) is 2. The average Bonchev–Trinajstić information content (AvgIpc) is 2.71. The Labute approximate surface area is 192 Å². The molecule has 7 heteroatoms. The first kappa shape index (κ1) is 23.1. The second kappa shape index (κ2) is 9.73. The van der Waals surface area contributed by atoms with E-state index in [4.69, 9.17) is 9.47 Å². The molecule has 166 valence electrons. The van der Waals surface area contributed by atoms with E-state index in [2.05, 4.69) is 15.9 Å². The van der Waals surface area contributed by atoms with Crippen molar-refractivity contribution in [3.63, 3.8) is 0 Å². The highest BCUT2D eigenvalue weighted by atomic mass is 79.9. The minimum absolute atomic E-state index is 0.0721. The lowest BCUT2D eigenvalue weighted by Crippen LogP contribution is -2.56. The predicted molar refractivity (Wildman–Crippen MR) is 123 cm³/mol. The lowest BCUT2D eigenvalue weighted by Gasteiger charge is -2.40. The van der Waals surface area contributed by atoms with Gasteiger partial charge in [0.05, 0.1) is 5.56 Å². The van der Waals surface area contributed by atoms with Gasteiger partial charge in [-0.2, -0.15) is 0 Å². The zero-order valence-electron chi connectivity index (χ0n) is 18.4. The lowest BCUT2D eigenvalue weighted by atomic mass is 10.1. The topological polar surface area (TPSA) is 59.1 Å². The minimum atomic E-state index is -0.543. The summed E-state index contributed by atoms with van der Waals surface area (Å²) in [6.45, 7) is 9.29. The first-order valence-electron chi connectivity index (χ1n) is 10.4. The van der Waals surface area contributed by atoms with Crippen molar-refractivity contribution >= 4 is 27.9 Å². The van der Waals surface area contributed by atoms with Crippen LogP contribution in [0.2, 0.25) is 0 Å². The summed E-state index contributed by atoms with van der Waals surface area (Å²) in [5, 5.41) is 0. The van der Waals surface area contributed by atoms with Gasteiger partial charge in [0.25, 0.3) is 5.91 Å². The molecule has 1 atom stereocenters. The largest absolute Gasteiger partial charge is 0.489 e. The van der Waals surface area contributed by atoms with E-state index in [1.807, 2.05) is 64.1 Å². The Morgan fingerprint density at radius 1 is 1.10 bits per heavy atom. The molecular formula is C24H29BrN2O4. The number of amides is 2. The van der Waals surface area contributed by atoms with Crippen LogP contribution in [0.15, 0.2) is 53.0 Å². The maximum atomic E-state index is 13.1. The van der Waals surface area contributed by atoms with Gasteiger partial charge in [0, 0.05) is 30.1 Å². The molecule has 6 nitrogen and oxygen atoms in total. The van der Waals surface area contributed by atoms with Crippen LogP contribution in [-0.2, 0) is 11.3 Å². The first-order chi connectivity index (χ1) is 14.6. The monoisotopic (exact) mass is 488 g/mol. The number of halogens is 1. The van der Waals surface area contributed by atoms with E-state index in [9.17, 15) is 9.59 Å². The zero-order chi connectivity index (χ0) is 22.6. The van der Waals surface area contributed by atoms with Crippen molar-refractivity contribution in [2.75, 3.05) is 19.6 Å². The van der Waals surface area contributed by atoms with Gasteiger partial charge >= 0.3 is 6.09 Å². The number of carbonyl (C=O) groups excluding carboxylic acids is 2. The molecule has 0 radical (unpaired) electrons. The van der Waals surface area contributed by atoms with Gasteiger partial charge in [0.15, 0.2) is 0 Å². The van der Waals surface area contributed by atoms with Crippen molar-refractivity contribution in [3.8, 4) is 5.75 Å². The van der Waals surface area contributed by atoms with Gasteiger partial charge in [-0.3, -0.25) is 4.79 Å². The van der Waals surface area contributed by atoms with E-state index >= 15 is 0 Å². The highest BCUT2D eigenvalue weighted by molar-refractivity contribution is 9.10. The van der Waals surface area contributed by atoms with Crippen molar-refractivity contribution in [1.82, 2.24) is 9.80 Å². The Kier molecular flexibility index (Phi) is 7.26. The van der Waals surface area contributed by atoms with Gasteiger partial charge in [0.2, 0.25) is 0 Å². The molecule has 1 fully saturated rings. The summed E-state index contributed by atoms with van der Waals surface area (Å²) in [6.07, 6.45) is -0.340.